The second kappa shape index (κ2) is 9.70. The molecule has 0 aromatic rings. The van der Waals surface area contributed by atoms with E-state index in [2.05, 4.69) is 4.74 Å². The van der Waals surface area contributed by atoms with E-state index in [1.807, 2.05) is 0 Å². The Balaban J connectivity index is -0.000000500. The maximum absolute atomic E-state index is 10.5. The van der Waals surface area contributed by atoms with Crippen molar-refractivity contribution in [2.24, 2.45) is 0 Å². The van der Waals surface area contributed by atoms with Crippen molar-refractivity contribution < 1.29 is 24.5 Å². The Bertz CT molecular complexity index is 172. The number of aliphatic carboxylic acids is 1. The summed E-state index contributed by atoms with van der Waals surface area (Å²) in [6.45, 7) is 2.42. The van der Waals surface area contributed by atoms with E-state index in [-0.39, 0.29) is 67.3 Å². The van der Waals surface area contributed by atoms with Crippen LogP contribution >= 0.6 is 0 Å². The summed E-state index contributed by atoms with van der Waals surface area (Å²) in [5.74, 6) is -2.17. The topological polar surface area (TPSA) is 83.8 Å². The van der Waals surface area contributed by atoms with E-state index in [4.69, 9.17) is 10.2 Å². The monoisotopic (exact) mass is 228 g/mol. The summed E-state index contributed by atoms with van der Waals surface area (Å²) in [5.41, 5.74) is 0. The Morgan fingerprint density at radius 1 is 1.31 bits per heavy atom. The van der Waals surface area contributed by atoms with Crippen LogP contribution in [0.15, 0.2) is 0 Å². The molecular formula is C6H13CaNaO5. The minimum absolute atomic E-state index is 0. The molecule has 0 bridgehead atoms. The summed E-state index contributed by atoms with van der Waals surface area (Å²) in [7, 11) is 0. The SMILES string of the molecule is CC(O)C(=O)OC(C)C(=O)O.[CaH2].[NaH]. The molecule has 0 aliphatic carbocycles. The number of rotatable bonds is 3. The molecule has 0 aromatic carbocycles. The predicted molar refractivity (Wildman–Crippen MR) is 50.6 cm³/mol. The molecule has 0 fully saturated rings. The Morgan fingerprint density at radius 2 is 1.69 bits per heavy atom. The van der Waals surface area contributed by atoms with Gasteiger partial charge in [0.15, 0.2) is 6.10 Å². The van der Waals surface area contributed by atoms with Gasteiger partial charge in [-0.1, -0.05) is 0 Å². The number of carbonyl (C=O) groups excluding carboxylic acids is 1. The molecule has 0 aliphatic rings. The number of aliphatic hydroxyl groups is 1. The van der Waals surface area contributed by atoms with E-state index < -0.39 is 24.1 Å². The molecule has 2 unspecified atom stereocenters. The van der Waals surface area contributed by atoms with Crippen LogP contribution in [0.4, 0.5) is 0 Å². The molecule has 0 saturated carbocycles. The van der Waals surface area contributed by atoms with Crippen LogP contribution in [-0.2, 0) is 14.3 Å². The van der Waals surface area contributed by atoms with Gasteiger partial charge in [0.05, 0.1) is 0 Å². The van der Waals surface area contributed by atoms with Crippen LogP contribution in [0.5, 0.6) is 0 Å². The van der Waals surface area contributed by atoms with Crippen molar-refractivity contribution in [3.63, 3.8) is 0 Å². The Labute approximate surface area is 128 Å². The number of carbonyl (C=O) groups is 2. The summed E-state index contributed by atoms with van der Waals surface area (Å²) < 4.78 is 4.28. The Hall–Kier alpha value is 1.16. The van der Waals surface area contributed by atoms with Gasteiger partial charge in [0.1, 0.15) is 6.10 Å². The van der Waals surface area contributed by atoms with E-state index >= 15 is 0 Å². The number of ether oxygens (including phenoxy) is 1. The van der Waals surface area contributed by atoms with Crippen LogP contribution in [0.1, 0.15) is 13.8 Å². The summed E-state index contributed by atoms with van der Waals surface area (Å²) in [6, 6.07) is 0. The third kappa shape index (κ3) is 9.46. The van der Waals surface area contributed by atoms with Gasteiger partial charge in [-0.15, -0.1) is 0 Å². The van der Waals surface area contributed by atoms with E-state index in [9.17, 15) is 9.59 Å². The normalized spacial score (nSPS) is 12.8. The molecule has 0 saturated heterocycles. The van der Waals surface area contributed by atoms with Crippen LogP contribution in [-0.4, -0.2) is 102 Å². The second-order valence-electron chi connectivity index (χ2n) is 2.09. The van der Waals surface area contributed by atoms with Gasteiger partial charge < -0.3 is 14.9 Å². The van der Waals surface area contributed by atoms with Crippen LogP contribution in [0.2, 0.25) is 0 Å². The minimum atomic E-state index is -1.28. The zero-order chi connectivity index (χ0) is 9.02. The number of hydrogen-bond acceptors (Lipinski definition) is 4. The van der Waals surface area contributed by atoms with E-state index in [0.29, 0.717) is 0 Å². The first-order valence-electron chi connectivity index (χ1n) is 3.06. The summed E-state index contributed by atoms with van der Waals surface area (Å²) >= 11 is 0. The number of aliphatic hydroxyl groups excluding tert-OH is 1. The zero-order valence-corrected chi connectivity index (χ0v) is 6.27. The second-order valence-corrected chi connectivity index (χ2v) is 2.09. The van der Waals surface area contributed by atoms with Crippen molar-refractivity contribution in [3.05, 3.63) is 0 Å². The first-order valence-corrected chi connectivity index (χ1v) is 3.06. The molecule has 70 valence electrons. The van der Waals surface area contributed by atoms with Gasteiger partial charge in [-0.05, 0) is 13.8 Å². The van der Waals surface area contributed by atoms with Gasteiger partial charge in [0.2, 0.25) is 0 Å². The third-order valence-corrected chi connectivity index (χ3v) is 0.982. The number of esters is 1. The van der Waals surface area contributed by atoms with Crippen LogP contribution in [0.3, 0.4) is 0 Å². The van der Waals surface area contributed by atoms with Gasteiger partial charge in [0.25, 0.3) is 0 Å². The van der Waals surface area contributed by atoms with E-state index in [0.717, 1.165) is 0 Å². The predicted octanol–water partition coefficient (Wildman–Crippen LogP) is -2.18. The average Bonchev–Trinajstić information content (AvgIpc) is 1.87. The van der Waals surface area contributed by atoms with Crippen molar-refractivity contribution in [1.82, 2.24) is 0 Å². The first-order chi connectivity index (χ1) is 4.95. The van der Waals surface area contributed by atoms with E-state index in [1.54, 1.807) is 0 Å². The first kappa shape index (κ1) is 19.7. The number of carboxylic acid groups (broad SMARTS) is 1. The fourth-order valence-electron chi connectivity index (χ4n) is 0.323. The van der Waals surface area contributed by atoms with Crippen LogP contribution < -0.4 is 0 Å². The van der Waals surface area contributed by atoms with Crippen molar-refractivity contribution in [2.45, 2.75) is 26.1 Å². The summed E-state index contributed by atoms with van der Waals surface area (Å²) in [6.07, 6.45) is -2.49. The van der Waals surface area contributed by atoms with E-state index in [1.165, 1.54) is 13.8 Å². The van der Waals surface area contributed by atoms with Crippen molar-refractivity contribution in [3.8, 4) is 0 Å². The molecule has 0 heterocycles. The third-order valence-electron chi connectivity index (χ3n) is 0.982. The molecular weight excluding hydrogens is 215 g/mol. The Morgan fingerprint density at radius 3 is 1.92 bits per heavy atom. The van der Waals surface area contributed by atoms with Crippen molar-refractivity contribution in [2.75, 3.05) is 0 Å². The molecule has 7 heteroatoms. The average molecular weight is 228 g/mol. The standard InChI is InChI=1S/C6H10O5.Ca.Na.3H/c1-3(7)6(10)11-4(2)5(8)9;;;;;/h3-4,7H,1-2H3,(H,8,9);;;;;. The fraction of sp³-hybridized carbons (Fsp3) is 0.667. The molecule has 0 rings (SSSR count). The zero-order valence-electron chi connectivity index (χ0n) is 6.27. The maximum atomic E-state index is 10.5. The van der Waals surface area contributed by atoms with Gasteiger partial charge in [-0.2, -0.15) is 0 Å². The molecule has 0 amide bonds. The van der Waals surface area contributed by atoms with Crippen LogP contribution in [0.25, 0.3) is 0 Å². The van der Waals surface area contributed by atoms with Crippen molar-refractivity contribution in [1.29, 1.82) is 0 Å². The van der Waals surface area contributed by atoms with Gasteiger partial charge in [0, 0.05) is 0 Å². The molecule has 0 spiro atoms. The number of hydrogen-bond donors (Lipinski definition) is 2. The molecule has 0 aliphatic heterocycles. The molecule has 2 atom stereocenters. The fourth-order valence-corrected chi connectivity index (χ4v) is 0.323. The quantitative estimate of drug-likeness (QED) is 0.424. The van der Waals surface area contributed by atoms with Crippen molar-refractivity contribution >= 4 is 79.2 Å². The van der Waals surface area contributed by atoms with Gasteiger partial charge in [-0.3, -0.25) is 0 Å². The summed E-state index contributed by atoms with van der Waals surface area (Å²) in [4.78, 5) is 20.6. The molecule has 13 heavy (non-hydrogen) atoms. The molecule has 2 N–H and O–H groups in total. The van der Waals surface area contributed by atoms with Gasteiger partial charge >= 0.3 is 79.2 Å². The number of carboxylic acids is 1. The Kier molecular flexibility index (Phi) is 14.7. The van der Waals surface area contributed by atoms with Crippen LogP contribution in [0, 0.1) is 0 Å². The summed E-state index contributed by atoms with van der Waals surface area (Å²) in [5, 5.41) is 16.8. The molecule has 0 radical (unpaired) electrons. The molecule has 5 nitrogen and oxygen atoms in total. The van der Waals surface area contributed by atoms with Gasteiger partial charge in [-0.25, -0.2) is 9.59 Å². The molecule has 0 aromatic heterocycles.